The molecular weight excluding hydrogens is 230 g/mol. The van der Waals surface area contributed by atoms with Gasteiger partial charge in [0.2, 0.25) is 0 Å². The maximum atomic E-state index is 11.0. The van der Waals surface area contributed by atoms with Gasteiger partial charge in [0.05, 0.1) is 13.7 Å². The lowest BCUT2D eigenvalue weighted by Gasteiger charge is -2.21. The molecule has 0 saturated carbocycles. The van der Waals surface area contributed by atoms with E-state index in [2.05, 4.69) is 4.90 Å². The van der Waals surface area contributed by atoms with Crippen molar-refractivity contribution in [3.05, 3.63) is 29.8 Å². The number of Topliss-reactive ketones (excluding diaryl/α,β-unsaturated/α-hetero) is 1. The van der Waals surface area contributed by atoms with Crippen LogP contribution in [0.2, 0.25) is 0 Å². The first-order valence-corrected chi connectivity index (χ1v) is 6.12. The van der Waals surface area contributed by atoms with Crippen molar-refractivity contribution in [3.63, 3.8) is 0 Å². The van der Waals surface area contributed by atoms with Crippen LogP contribution in [0.3, 0.4) is 0 Å². The van der Waals surface area contributed by atoms with E-state index in [9.17, 15) is 4.79 Å². The number of nitrogens with zero attached hydrogens (tertiary/aromatic N) is 1. The zero-order valence-corrected chi connectivity index (χ0v) is 11.1. The van der Waals surface area contributed by atoms with Gasteiger partial charge < -0.3 is 9.84 Å². The van der Waals surface area contributed by atoms with Crippen LogP contribution in [0.5, 0.6) is 5.75 Å². The summed E-state index contributed by atoms with van der Waals surface area (Å²) in [5.41, 5.74) is 1.07. The molecule has 1 aromatic rings. The molecule has 0 heterocycles. The van der Waals surface area contributed by atoms with Crippen molar-refractivity contribution < 1.29 is 14.6 Å². The Morgan fingerprint density at radius 3 is 2.67 bits per heavy atom. The number of hydrogen-bond donors (Lipinski definition) is 1. The zero-order valence-electron chi connectivity index (χ0n) is 11.1. The lowest BCUT2D eigenvalue weighted by atomic mass is 10.1. The van der Waals surface area contributed by atoms with Crippen molar-refractivity contribution >= 4 is 5.78 Å². The van der Waals surface area contributed by atoms with E-state index in [1.165, 1.54) is 0 Å². The van der Waals surface area contributed by atoms with Gasteiger partial charge in [0.15, 0.2) is 0 Å². The summed E-state index contributed by atoms with van der Waals surface area (Å²) in [5.74, 6) is 1.00. The van der Waals surface area contributed by atoms with Gasteiger partial charge in [-0.15, -0.1) is 0 Å². The highest BCUT2D eigenvalue weighted by Gasteiger charge is 2.09. The molecule has 0 aliphatic rings. The van der Waals surface area contributed by atoms with E-state index in [0.29, 0.717) is 26.1 Å². The Balaban J connectivity index is 2.66. The maximum absolute atomic E-state index is 11.0. The molecule has 0 radical (unpaired) electrons. The van der Waals surface area contributed by atoms with Crippen molar-refractivity contribution in [3.8, 4) is 5.75 Å². The van der Waals surface area contributed by atoms with Gasteiger partial charge in [0.1, 0.15) is 11.5 Å². The topological polar surface area (TPSA) is 49.8 Å². The molecule has 0 amide bonds. The number of ketones is 1. The summed E-state index contributed by atoms with van der Waals surface area (Å²) in [6, 6.07) is 7.79. The molecule has 100 valence electrons. The number of carbonyl (C=O) groups excluding carboxylic acids is 1. The molecule has 4 nitrogen and oxygen atoms in total. The third-order valence-electron chi connectivity index (χ3n) is 2.78. The Morgan fingerprint density at radius 1 is 1.33 bits per heavy atom. The first kappa shape index (κ1) is 14.7. The monoisotopic (exact) mass is 251 g/mol. The molecule has 0 saturated heterocycles. The zero-order chi connectivity index (χ0) is 13.4. The normalized spacial score (nSPS) is 10.7. The van der Waals surface area contributed by atoms with Gasteiger partial charge in [0.25, 0.3) is 0 Å². The number of hydrogen-bond acceptors (Lipinski definition) is 4. The lowest BCUT2D eigenvalue weighted by molar-refractivity contribution is -0.117. The number of carbonyl (C=O) groups is 1. The molecule has 0 atom stereocenters. The van der Waals surface area contributed by atoms with Crippen LogP contribution in [-0.4, -0.2) is 42.6 Å². The molecule has 0 aliphatic heterocycles. The van der Waals surface area contributed by atoms with Crippen molar-refractivity contribution in [2.45, 2.75) is 19.9 Å². The SMILES string of the molecule is COc1ccccc1CN(CCO)CCC(C)=O. The Hall–Kier alpha value is -1.39. The minimum atomic E-state index is 0.0903. The van der Waals surface area contributed by atoms with Gasteiger partial charge in [-0.3, -0.25) is 9.69 Å². The van der Waals surface area contributed by atoms with Gasteiger partial charge in [-0.1, -0.05) is 18.2 Å². The quantitative estimate of drug-likeness (QED) is 0.760. The van der Waals surface area contributed by atoms with E-state index < -0.39 is 0 Å². The summed E-state index contributed by atoms with van der Waals surface area (Å²) in [6.07, 6.45) is 0.509. The summed E-state index contributed by atoms with van der Waals surface area (Å²) < 4.78 is 5.29. The number of ether oxygens (including phenoxy) is 1. The summed E-state index contributed by atoms with van der Waals surface area (Å²) in [7, 11) is 1.64. The van der Waals surface area contributed by atoms with E-state index in [0.717, 1.165) is 11.3 Å². The molecule has 1 rings (SSSR count). The van der Waals surface area contributed by atoms with Gasteiger partial charge in [-0.05, 0) is 13.0 Å². The minimum absolute atomic E-state index is 0.0903. The van der Waals surface area contributed by atoms with E-state index in [4.69, 9.17) is 9.84 Å². The van der Waals surface area contributed by atoms with E-state index in [1.807, 2.05) is 24.3 Å². The number of rotatable bonds is 8. The second kappa shape index (κ2) is 7.84. The van der Waals surface area contributed by atoms with Crippen molar-refractivity contribution in [2.24, 2.45) is 0 Å². The van der Waals surface area contributed by atoms with E-state index >= 15 is 0 Å². The van der Waals surface area contributed by atoms with Crippen LogP contribution in [0, 0.1) is 0 Å². The molecule has 18 heavy (non-hydrogen) atoms. The molecule has 0 fully saturated rings. The third-order valence-corrected chi connectivity index (χ3v) is 2.78. The smallest absolute Gasteiger partial charge is 0.131 e. The van der Waals surface area contributed by atoms with Crippen LogP contribution < -0.4 is 4.74 Å². The molecular formula is C14H21NO3. The molecule has 0 aliphatic carbocycles. The first-order chi connectivity index (χ1) is 8.67. The summed E-state index contributed by atoms with van der Waals surface area (Å²) in [6.45, 7) is 3.57. The lowest BCUT2D eigenvalue weighted by Crippen LogP contribution is -2.28. The number of aliphatic hydroxyl groups is 1. The van der Waals surface area contributed by atoms with Gasteiger partial charge in [-0.2, -0.15) is 0 Å². The predicted molar refractivity (Wildman–Crippen MR) is 70.7 cm³/mol. The van der Waals surface area contributed by atoms with Crippen LogP contribution in [0.15, 0.2) is 24.3 Å². The maximum Gasteiger partial charge on any atom is 0.131 e. The average molecular weight is 251 g/mol. The van der Waals surface area contributed by atoms with Crippen molar-refractivity contribution in [2.75, 3.05) is 26.8 Å². The highest BCUT2D eigenvalue weighted by Crippen LogP contribution is 2.19. The highest BCUT2D eigenvalue weighted by atomic mass is 16.5. The molecule has 0 bridgehead atoms. The fourth-order valence-corrected chi connectivity index (χ4v) is 1.80. The molecule has 1 N–H and O–H groups in total. The van der Waals surface area contributed by atoms with Gasteiger partial charge in [-0.25, -0.2) is 0 Å². The fraction of sp³-hybridized carbons (Fsp3) is 0.500. The Bertz CT molecular complexity index is 379. The number of methoxy groups -OCH3 is 1. The molecule has 0 unspecified atom stereocenters. The number of aliphatic hydroxyl groups excluding tert-OH is 1. The molecule has 0 aromatic heterocycles. The van der Waals surface area contributed by atoms with Crippen LogP contribution in [0.1, 0.15) is 18.9 Å². The summed E-state index contributed by atoms with van der Waals surface area (Å²) in [5, 5.41) is 9.05. The highest BCUT2D eigenvalue weighted by molar-refractivity contribution is 5.75. The molecule has 0 spiro atoms. The standard InChI is InChI=1S/C14H21NO3/c1-12(17)7-8-15(9-10-16)11-13-5-3-4-6-14(13)18-2/h3-6,16H,7-11H2,1-2H3. The second-order valence-electron chi connectivity index (χ2n) is 4.26. The van der Waals surface area contributed by atoms with Crippen molar-refractivity contribution in [1.82, 2.24) is 4.90 Å². The Morgan fingerprint density at radius 2 is 2.06 bits per heavy atom. The minimum Gasteiger partial charge on any atom is -0.496 e. The predicted octanol–water partition coefficient (Wildman–Crippen LogP) is 1.47. The summed E-state index contributed by atoms with van der Waals surface area (Å²) in [4.78, 5) is 13.1. The summed E-state index contributed by atoms with van der Waals surface area (Å²) >= 11 is 0. The Kier molecular flexibility index (Phi) is 6.39. The third kappa shape index (κ3) is 4.85. The largest absolute Gasteiger partial charge is 0.496 e. The van der Waals surface area contributed by atoms with Gasteiger partial charge >= 0.3 is 0 Å². The first-order valence-electron chi connectivity index (χ1n) is 6.12. The molecule has 4 heteroatoms. The Labute approximate surface area is 108 Å². The number of para-hydroxylation sites is 1. The average Bonchev–Trinajstić information content (AvgIpc) is 2.37. The van der Waals surface area contributed by atoms with Crippen LogP contribution in [0.25, 0.3) is 0 Å². The fourth-order valence-electron chi connectivity index (χ4n) is 1.80. The van der Waals surface area contributed by atoms with Crippen molar-refractivity contribution in [1.29, 1.82) is 0 Å². The van der Waals surface area contributed by atoms with Gasteiger partial charge in [0, 0.05) is 31.6 Å². The van der Waals surface area contributed by atoms with Crippen LogP contribution in [-0.2, 0) is 11.3 Å². The van der Waals surface area contributed by atoms with Crippen LogP contribution in [0.4, 0.5) is 0 Å². The molecule has 1 aromatic carbocycles. The second-order valence-corrected chi connectivity index (χ2v) is 4.26. The van der Waals surface area contributed by atoms with Crippen LogP contribution >= 0.6 is 0 Å². The number of benzene rings is 1. The van der Waals surface area contributed by atoms with E-state index in [-0.39, 0.29) is 12.4 Å². The van der Waals surface area contributed by atoms with E-state index in [1.54, 1.807) is 14.0 Å².